The maximum atomic E-state index is 12.4. The van der Waals surface area contributed by atoms with E-state index >= 15 is 0 Å². The number of hydrogen-bond donors (Lipinski definition) is 1. The largest absolute Gasteiger partial charge is 0.480 e. The Morgan fingerprint density at radius 1 is 1.19 bits per heavy atom. The lowest BCUT2D eigenvalue weighted by atomic mass is 10.1. The van der Waals surface area contributed by atoms with E-state index in [0.29, 0.717) is 32.6 Å². The molecule has 1 aliphatic rings. The molecule has 0 aromatic carbocycles. The van der Waals surface area contributed by atoms with Crippen molar-refractivity contribution >= 4 is 11.9 Å². The number of aromatic nitrogens is 2. The molecule has 2 heterocycles. The van der Waals surface area contributed by atoms with Gasteiger partial charge in [-0.25, -0.2) is 0 Å². The molecule has 0 spiro atoms. The van der Waals surface area contributed by atoms with Gasteiger partial charge in [-0.15, -0.1) is 0 Å². The minimum atomic E-state index is -0.823. The molecule has 0 saturated carbocycles. The number of hydrogen-bond acceptors (Lipinski definition) is 4. The van der Waals surface area contributed by atoms with Crippen molar-refractivity contribution in [3.8, 4) is 0 Å². The van der Waals surface area contributed by atoms with Crippen LogP contribution in [0.3, 0.4) is 0 Å². The maximum Gasteiger partial charge on any atom is 0.317 e. The fraction of sp³-hybridized carbons (Fsp3) is 0.643. The van der Waals surface area contributed by atoms with Crippen molar-refractivity contribution in [1.29, 1.82) is 0 Å². The maximum absolute atomic E-state index is 12.4. The lowest BCUT2D eigenvalue weighted by Gasteiger charge is -2.33. The summed E-state index contributed by atoms with van der Waals surface area (Å²) in [5.74, 6) is -0.736. The first-order valence-corrected chi connectivity index (χ1v) is 7.09. The summed E-state index contributed by atoms with van der Waals surface area (Å²) in [5, 5.41) is 13.1. The Kier molecular flexibility index (Phi) is 4.62. The van der Waals surface area contributed by atoms with Crippen LogP contribution in [0.1, 0.15) is 17.0 Å². The third-order valence-electron chi connectivity index (χ3n) is 4.07. The van der Waals surface area contributed by atoms with Crippen LogP contribution >= 0.6 is 0 Å². The van der Waals surface area contributed by atoms with E-state index in [9.17, 15) is 9.59 Å². The SMILES string of the molecule is Cc1nn(C)c(C)c1CC(=O)N1CCN(CC(=O)O)CC1. The molecule has 1 aromatic heterocycles. The van der Waals surface area contributed by atoms with Crippen LogP contribution in [-0.4, -0.2) is 69.3 Å². The zero-order chi connectivity index (χ0) is 15.6. The van der Waals surface area contributed by atoms with Gasteiger partial charge in [-0.05, 0) is 13.8 Å². The van der Waals surface area contributed by atoms with E-state index in [4.69, 9.17) is 5.11 Å². The van der Waals surface area contributed by atoms with E-state index in [-0.39, 0.29) is 12.5 Å². The predicted octanol–water partition coefficient (Wildman–Crippen LogP) is -0.192. The molecule has 1 saturated heterocycles. The van der Waals surface area contributed by atoms with Crippen LogP contribution in [0.15, 0.2) is 0 Å². The molecule has 1 aromatic rings. The number of carbonyl (C=O) groups is 2. The molecule has 0 bridgehead atoms. The highest BCUT2D eigenvalue weighted by Crippen LogP contribution is 2.14. The number of nitrogens with zero attached hydrogens (tertiary/aromatic N) is 4. The van der Waals surface area contributed by atoms with E-state index in [0.717, 1.165) is 17.0 Å². The van der Waals surface area contributed by atoms with Gasteiger partial charge in [0.2, 0.25) is 5.91 Å². The molecule has 0 atom stereocenters. The van der Waals surface area contributed by atoms with Gasteiger partial charge in [-0.1, -0.05) is 0 Å². The summed E-state index contributed by atoms with van der Waals surface area (Å²) >= 11 is 0. The van der Waals surface area contributed by atoms with Gasteiger partial charge in [0.15, 0.2) is 0 Å². The van der Waals surface area contributed by atoms with Crippen LogP contribution < -0.4 is 0 Å². The van der Waals surface area contributed by atoms with Gasteiger partial charge in [0.25, 0.3) is 0 Å². The van der Waals surface area contributed by atoms with E-state index < -0.39 is 5.97 Å². The van der Waals surface area contributed by atoms with Crippen molar-refractivity contribution in [2.24, 2.45) is 7.05 Å². The van der Waals surface area contributed by atoms with Gasteiger partial charge in [0.05, 0.1) is 18.7 Å². The first-order valence-electron chi connectivity index (χ1n) is 7.09. The fourth-order valence-corrected chi connectivity index (χ4v) is 2.68. The molecular formula is C14H22N4O3. The normalized spacial score (nSPS) is 16.2. The van der Waals surface area contributed by atoms with Crippen molar-refractivity contribution < 1.29 is 14.7 Å². The Labute approximate surface area is 124 Å². The van der Waals surface area contributed by atoms with Crippen molar-refractivity contribution in [3.05, 3.63) is 17.0 Å². The quantitative estimate of drug-likeness (QED) is 0.832. The molecule has 1 fully saturated rings. The lowest BCUT2D eigenvalue weighted by Crippen LogP contribution is -2.50. The molecule has 0 unspecified atom stereocenters. The molecule has 21 heavy (non-hydrogen) atoms. The number of piperazine rings is 1. The fourth-order valence-electron chi connectivity index (χ4n) is 2.68. The van der Waals surface area contributed by atoms with Gasteiger partial charge in [-0.2, -0.15) is 5.10 Å². The minimum absolute atomic E-state index is 0.0445. The van der Waals surface area contributed by atoms with Gasteiger partial charge < -0.3 is 10.0 Å². The second-order valence-electron chi connectivity index (χ2n) is 5.50. The Morgan fingerprint density at radius 3 is 2.29 bits per heavy atom. The molecule has 0 radical (unpaired) electrons. The van der Waals surface area contributed by atoms with E-state index in [1.807, 2.05) is 30.7 Å². The predicted molar refractivity (Wildman–Crippen MR) is 77.0 cm³/mol. The molecular weight excluding hydrogens is 272 g/mol. The number of rotatable bonds is 4. The van der Waals surface area contributed by atoms with E-state index in [1.54, 1.807) is 4.68 Å². The third-order valence-corrected chi connectivity index (χ3v) is 4.07. The first kappa shape index (κ1) is 15.5. The number of carbonyl (C=O) groups excluding carboxylic acids is 1. The zero-order valence-corrected chi connectivity index (χ0v) is 12.8. The van der Waals surface area contributed by atoms with Crippen LogP contribution in [0.25, 0.3) is 0 Å². The first-order chi connectivity index (χ1) is 9.88. The highest BCUT2D eigenvalue weighted by Gasteiger charge is 2.23. The summed E-state index contributed by atoms with van der Waals surface area (Å²) in [7, 11) is 1.88. The van der Waals surface area contributed by atoms with E-state index in [2.05, 4.69) is 5.10 Å². The average Bonchev–Trinajstić information content (AvgIpc) is 2.65. The monoisotopic (exact) mass is 294 g/mol. The highest BCUT2D eigenvalue weighted by molar-refractivity contribution is 5.79. The molecule has 0 aliphatic carbocycles. The molecule has 2 rings (SSSR count). The summed E-state index contributed by atoms with van der Waals surface area (Å²) in [6.45, 7) is 6.33. The molecule has 116 valence electrons. The summed E-state index contributed by atoms with van der Waals surface area (Å²) in [6, 6.07) is 0. The summed E-state index contributed by atoms with van der Waals surface area (Å²) < 4.78 is 1.79. The highest BCUT2D eigenvalue weighted by atomic mass is 16.4. The molecule has 7 heteroatoms. The number of aryl methyl sites for hydroxylation is 2. The van der Waals surface area contributed by atoms with Crippen LogP contribution in [0.5, 0.6) is 0 Å². The topological polar surface area (TPSA) is 78.7 Å². The van der Waals surface area contributed by atoms with E-state index in [1.165, 1.54) is 0 Å². The van der Waals surface area contributed by atoms with Crippen LogP contribution in [-0.2, 0) is 23.1 Å². The Hall–Kier alpha value is -1.89. The summed E-state index contributed by atoms with van der Waals surface area (Å²) in [5.41, 5.74) is 2.91. The van der Waals surface area contributed by atoms with Gasteiger partial charge in [0, 0.05) is 44.5 Å². The van der Waals surface area contributed by atoms with Crippen molar-refractivity contribution in [2.75, 3.05) is 32.7 Å². The van der Waals surface area contributed by atoms with Gasteiger partial charge in [0.1, 0.15) is 0 Å². The van der Waals surface area contributed by atoms with Crippen LogP contribution in [0.4, 0.5) is 0 Å². The second kappa shape index (κ2) is 6.26. The number of carboxylic acids is 1. The Morgan fingerprint density at radius 2 is 1.81 bits per heavy atom. The summed E-state index contributed by atoms with van der Waals surface area (Å²) in [6.07, 6.45) is 0.366. The lowest BCUT2D eigenvalue weighted by molar-refractivity contribution is -0.139. The standard InChI is InChI=1S/C14H22N4O3/c1-10-12(11(2)16(3)15-10)8-13(19)18-6-4-17(5-7-18)9-14(20)21/h4-9H2,1-3H3,(H,20,21). The average molecular weight is 294 g/mol. The second-order valence-corrected chi connectivity index (χ2v) is 5.50. The van der Waals surface area contributed by atoms with Crippen molar-refractivity contribution in [2.45, 2.75) is 20.3 Å². The molecule has 7 nitrogen and oxygen atoms in total. The number of aliphatic carboxylic acids is 1. The van der Waals surface area contributed by atoms with Gasteiger partial charge in [-0.3, -0.25) is 19.2 Å². The number of carboxylic acid groups (broad SMARTS) is 1. The Balaban J connectivity index is 1.92. The third kappa shape index (κ3) is 3.60. The number of amides is 1. The van der Waals surface area contributed by atoms with Crippen LogP contribution in [0, 0.1) is 13.8 Å². The van der Waals surface area contributed by atoms with Crippen LogP contribution in [0.2, 0.25) is 0 Å². The Bertz CT molecular complexity index is 545. The smallest absolute Gasteiger partial charge is 0.317 e. The van der Waals surface area contributed by atoms with Gasteiger partial charge >= 0.3 is 5.97 Å². The molecule has 1 aliphatic heterocycles. The van der Waals surface area contributed by atoms with Crippen molar-refractivity contribution in [3.63, 3.8) is 0 Å². The molecule has 1 amide bonds. The molecule has 1 N–H and O–H groups in total. The minimum Gasteiger partial charge on any atom is -0.480 e. The van der Waals surface area contributed by atoms with Crippen molar-refractivity contribution in [1.82, 2.24) is 19.6 Å². The zero-order valence-electron chi connectivity index (χ0n) is 12.8. The summed E-state index contributed by atoms with van der Waals surface area (Å²) in [4.78, 5) is 26.7.